The van der Waals surface area contributed by atoms with Crippen molar-refractivity contribution in [3.63, 3.8) is 0 Å². The van der Waals surface area contributed by atoms with Gasteiger partial charge in [-0.2, -0.15) is 0 Å². The third-order valence-electron chi connectivity index (χ3n) is 3.46. The second-order valence-electron chi connectivity index (χ2n) is 5.30. The molecule has 0 aliphatic carbocycles. The number of carbonyl (C=O) groups is 1. The molecule has 24 heavy (non-hydrogen) atoms. The summed E-state index contributed by atoms with van der Waals surface area (Å²) < 4.78 is 23.9. The zero-order valence-corrected chi connectivity index (χ0v) is 13.0. The summed E-state index contributed by atoms with van der Waals surface area (Å²) in [7, 11) is 0. The molecule has 0 bridgehead atoms. The first-order valence-corrected chi connectivity index (χ1v) is 7.72. The van der Waals surface area contributed by atoms with Crippen LogP contribution in [0, 0.1) is 5.82 Å². The van der Waals surface area contributed by atoms with Crippen molar-refractivity contribution in [2.24, 2.45) is 0 Å². The summed E-state index contributed by atoms with van der Waals surface area (Å²) in [5, 5.41) is 7.86. The molecule has 7 nitrogen and oxygen atoms in total. The number of halogens is 1. The minimum absolute atomic E-state index is 0.0527. The average molecular weight is 335 g/mol. The summed E-state index contributed by atoms with van der Waals surface area (Å²) in [5.74, 6) is 0.147. The fourth-order valence-corrected chi connectivity index (χ4v) is 2.23. The number of hydrogen-bond acceptors (Lipinski definition) is 5. The van der Waals surface area contributed by atoms with Crippen molar-refractivity contribution in [1.82, 2.24) is 15.5 Å². The molecule has 0 atom stereocenters. The largest absolute Gasteiger partial charge is 0.482 e. The normalized spacial score (nSPS) is 14.5. The highest BCUT2D eigenvalue weighted by Crippen LogP contribution is 2.17. The number of nitrogens with zero attached hydrogens (tertiary/aromatic N) is 2. The highest BCUT2D eigenvalue weighted by Gasteiger charge is 2.17. The van der Waals surface area contributed by atoms with E-state index in [9.17, 15) is 9.18 Å². The predicted molar refractivity (Wildman–Crippen MR) is 81.4 cm³/mol. The molecule has 2 amide bonds. The van der Waals surface area contributed by atoms with Crippen molar-refractivity contribution >= 4 is 6.03 Å². The Kier molecular flexibility index (Phi) is 5.27. The monoisotopic (exact) mass is 335 g/mol. The summed E-state index contributed by atoms with van der Waals surface area (Å²) >= 11 is 0. The van der Waals surface area contributed by atoms with Crippen LogP contribution in [0.2, 0.25) is 0 Å². The Morgan fingerprint density at radius 3 is 3.04 bits per heavy atom. The van der Waals surface area contributed by atoms with Gasteiger partial charge in [0.15, 0.2) is 17.3 Å². The van der Waals surface area contributed by atoms with E-state index in [4.69, 9.17) is 14.1 Å². The number of para-hydroxylation sites is 1. The van der Waals surface area contributed by atoms with E-state index in [0.717, 1.165) is 12.8 Å². The SMILES string of the molecule is O=C(NCc1cc(COc2ccccc2F)on1)N1CCCCO1. The molecule has 2 heterocycles. The van der Waals surface area contributed by atoms with Gasteiger partial charge in [0, 0.05) is 6.07 Å². The second kappa shape index (κ2) is 7.78. The van der Waals surface area contributed by atoms with Crippen LogP contribution in [0.3, 0.4) is 0 Å². The number of aromatic nitrogens is 1. The molecule has 1 N–H and O–H groups in total. The maximum Gasteiger partial charge on any atom is 0.341 e. The van der Waals surface area contributed by atoms with Crippen molar-refractivity contribution in [2.45, 2.75) is 26.0 Å². The maximum atomic E-state index is 13.4. The minimum Gasteiger partial charge on any atom is -0.482 e. The Morgan fingerprint density at radius 2 is 2.25 bits per heavy atom. The number of benzene rings is 1. The molecule has 1 aromatic heterocycles. The highest BCUT2D eigenvalue weighted by molar-refractivity contribution is 5.72. The summed E-state index contributed by atoms with van der Waals surface area (Å²) in [6, 6.07) is 7.47. The Morgan fingerprint density at radius 1 is 1.38 bits per heavy atom. The van der Waals surface area contributed by atoms with Gasteiger partial charge < -0.3 is 14.6 Å². The molecule has 2 aromatic rings. The Bertz CT molecular complexity index is 685. The molecule has 128 valence electrons. The standard InChI is InChI=1S/C16H18FN3O4/c17-14-5-1-2-6-15(14)22-11-13-9-12(19-24-13)10-18-16(21)20-7-3-4-8-23-20/h1-2,5-6,9H,3-4,7-8,10-11H2,(H,18,21). The van der Waals surface area contributed by atoms with E-state index in [1.54, 1.807) is 18.2 Å². The van der Waals surface area contributed by atoms with Gasteiger partial charge in [-0.15, -0.1) is 0 Å². The van der Waals surface area contributed by atoms with E-state index < -0.39 is 5.82 Å². The van der Waals surface area contributed by atoms with Crippen LogP contribution in [-0.4, -0.2) is 29.4 Å². The van der Waals surface area contributed by atoms with Gasteiger partial charge in [-0.3, -0.25) is 4.84 Å². The van der Waals surface area contributed by atoms with Crippen LogP contribution in [0.15, 0.2) is 34.9 Å². The maximum absolute atomic E-state index is 13.4. The third-order valence-corrected chi connectivity index (χ3v) is 3.46. The van der Waals surface area contributed by atoms with Crippen LogP contribution in [0.1, 0.15) is 24.3 Å². The molecular formula is C16H18FN3O4. The molecule has 0 unspecified atom stereocenters. The number of rotatable bonds is 5. The van der Waals surface area contributed by atoms with Crippen molar-refractivity contribution in [1.29, 1.82) is 0 Å². The smallest absolute Gasteiger partial charge is 0.341 e. The van der Waals surface area contributed by atoms with Crippen LogP contribution in [0.4, 0.5) is 9.18 Å². The van der Waals surface area contributed by atoms with Gasteiger partial charge in [-0.05, 0) is 25.0 Å². The lowest BCUT2D eigenvalue weighted by Crippen LogP contribution is -2.42. The number of hydroxylamine groups is 2. The number of carbonyl (C=O) groups excluding carboxylic acids is 1. The molecular weight excluding hydrogens is 317 g/mol. The van der Waals surface area contributed by atoms with Gasteiger partial charge in [-0.25, -0.2) is 14.2 Å². The zero-order valence-electron chi connectivity index (χ0n) is 13.0. The number of amides is 2. The Balaban J connectivity index is 1.47. The number of hydrogen-bond donors (Lipinski definition) is 1. The fourth-order valence-electron chi connectivity index (χ4n) is 2.23. The Labute approximate surface area is 138 Å². The van der Waals surface area contributed by atoms with Gasteiger partial charge >= 0.3 is 6.03 Å². The lowest BCUT2D eigenvalue weighted by atomic mass is 10.3. The summed E-state index contributed by atoms with van der Waals surface area (Å²) in [4.78, 5) is 17.1. The van der Waals surface area contributed by atoms with Crippen LogP contribution in [0.25, 0.3) is 0 Å². The molecule has 0 saturated carbocycles. The van der Waals surface area contributed by atoms with E-state index in [2.05, 4.69) is 10.5 Å². The van der Waals surface area contributed by atoms with E-state index in [-0.39, 0.29) is 24.9 Å². The van der Waals surface area contributed by atoms with E-state index in [0.29, 0.717) is 24.6 Å². The van der Waals surface area contributed by atoms with E-state index >= 15 is 0 Å². The number of nitrogens with one attached hydrogen (secondary N) is 1. The van der Waals surface area contributed by atoms with Crippen LogP contribution in [-0.2, 0) is 18.0 Å². The Hall–Kier alpha value is -2.61. The highest BCUT2D eigenvalue weighted by atomic mass is 19.1. The molecule has 1 aromatic carbocycles. The quantitative estimate of drug-likeness (QED) is 0.909. The number of ether oxygens (including phenoxy) is 1. The third kappa shape index (κ3) is 4.23. The molecule has 3 rings (SSSR count). The van der Waals surface area contributed by atoms with Gasteiger partial charge in [0.25, 0.3) is 0 Å². The predicted octanol–water partition coefficient (Wildman–Crippen LogP) is 2.63. The summed E-state index contributed by atoms with van der Waals surface area (Å²) in [6.45, 7) is 1.39. The molecule has 1 fully saturated rings. The molecule has 1 saturated heterocycles. The zero-order chi connectivity index (χ0) is 16.8. The second-order valence-corrected chi connectivity index (χ2v) is 5.30. The van der Waals surface area contributed by atoms with E-state index in [1.807, 2.05) is 0 Å². The van der Waals surface area contributed by atoms with Crippen LogP contribution < -0.4 is 10.1 Å². The fraction of sp³-hybridized carbons (Fsp3) is 0.375. The van der Waals surface area contributed by atoms with E-state index in [1.165, 1.54) is 17.2 Å². The van der Waals surface area contributed by atoms with Gasteiger partial charge in [0.1, 0.15) is 12.3 Å². The van der Waals surface area contributed by atoms with Gasteiger partial charge in [0.2, 0.25) is 0 Å². The van der Waals surface area contributed by atoms with Gasteiger partial charge in [0.05, 0.1) is 19.7 Å². The van der Waals surface area contributed by atoms with Crippen molar-refractivity contribution in [2.75, 3.05) is 13.2 Å². The lowest BCUT2D eigenvalue weighted by Gasteiger charge is -2.25. The first-order chi connectivity index (χ1) is 11.7. The number of urea groups is 1. The average Bonchev–Trinajstić information content (AvgIpc) is 3.08. The summed E-state index contributed by atoms with van der Waals surface area (Å²) in [5.41, 5.74) is 0.549. The first kappa shape index (κ1) is 16.3. The molecule has 1 aliphatic rings. The van der Waals surface area contributed by atoms with Crippen molar-refractivity contribution < 1.29 is 23.3 Å². The molecule has 1 aliphatic heterocycles. The lowest BCUT2D eigenvalue weighted by molar-refractivity contribution is -0.139. The van der Waals surface area contributed by atoms with Crippen LogP contribution >= 0.6 is 0 Å². The van der Waals surface area contributed by atoms with Crippen LogP contribution in [0.5, 0.6) is 5.75 Å². The van der Waals surface area contributed by atoms with Gasteiger partial charge in [-0.1, -0.05) is 17.3 Å². The summed E-state index contributed by atoms with van der Waals surface area (Å²) in [6.07, 6.45) is 1.88. The molecule has 0 spiro atoms. The molecule has 8 heteroatoms. The molecule has 0 radical (unpaired) electrons. The minimum atomic E-state index is -0.439. The van der Waals surface area contributed by atoms with Crippen molar-refractivity contribution in [3.05, 3.63) is 47.6 Å². The topological polar surface area (TPSA) is 76.8 Å². The first-order valence-electron chi connectivity index (χ1n) is 7.72. The van der Waals surface area contributed by atoms with Crippen molar-refractivity contribution in [3.8, 4) is 5.75 Å².